The van der Waals surface area contributed by atoms with Gasteiger partial charge in [-0.15, -0.1) is 0 Å². The van der Waals surface area contributed by atoms with E-state index in [0.29, 0.717) is 17.9 Å². The summed E-state index contributed by atoms with van der Waals surface area (Å²) in [5.41, 5.74) is 2.30. The van der Waals surface area contributed by atoms with Crippen molar-refractivity contribution in [1.82, 2.24) is 19.3 Å². The first-order valence-corrected chi connectivity index (χ1v) is 11.5. The van der Waals surface area contributed by atoms with Crippen molar-refractivity contribution in [3.8, 4) is 6.07 Å². The van der Waals surface area contributed by atoms with E-state index in [1.54, 1.807) is 12.1 Å². The summed E-state index contributed by atoms with van der Waals surface area (Å²) < 4.78 is 3.95. The highest BCUT2D eigenvalue weighted by molar-refractivity contribution is 5.84. The summed E-state index contributed by atoms with van der Waals surface area (Å²) in [5.74, 6) is 0.735. The number of hydrogen-bond acceptors (Lipinski definition) is 4. The first kappa shape index (κ1) is 22.8. The minimum absolute atomic E-state index is 0.0220. The molecule has 174 valence electrons. The summed E-state index contributed by atoms with van der Waals surface area (Å²) in [6.07, 6.45) is 6.79. The fourth-order valence-corrected chi connectivity index (χ4v) is 5.04. The molecule has 1 aromatic carbocycles. The van der Waals surface area contributed by atoms with Gasteiger partial charge in [0.15, 0.2) is 5.82 Å². The summed E-state index contributed by atoms with van der Waals surface area (Å²) in [4.78, 5) is 18.0. The lowest BCUT2D eigenvalue weighted by Gasteiger charge is -2.39. The average molecular weight is 449 g/mol. The van der Waals surface area contributed by atoms with Crippen LogP contribution in [0.15, 0.2) is 36.8 Å². The molecular weight excluding hydrogens is 416 g/mol. The Labute approximate surface area is 194 Å². The molecule has 33 heavy (non-hydrogen) atoms. The van der Waals surface area contributed by atoms with Crippen molar-refractivity contribution in [2.24, 2.45) is 11.3 Å². The summed E-state index contributed by atoms with van der Waals surface area (Å²) in [6, 6.07) is 9.56. The maximum atomic E-state index is 12.1. The van der Waals surface area contributed by atoms with Crippen molar-refractivity contribution in [3.05, 3.63) is 42.4 Å². The number of imidazole rings is 1. The fraction of sp³-hybridized carbons (Fsp3) is 0.520. The van der Waals surface area contributed by atoms with E-state index >= 15 is 0 Å². The molecule has 1 aliphatic carbocycles. The topological polar surface area (TPSA) is 100.0 Å². The van der Waals surface area contributed by atoms with Gasteiger partial charge in [0, 0.05) is 25.4 Å². The first-order chi connectivity index (χ1) is 15.6. The van der Waals surface area contributed by atoms with E-state index in [1.165, 1.54) is 4.90 Å². The predicted octanol–water partition coefficient (Wildman–Crippen LogP) is 5.24. The van der Waals surface area contributed by atoms with Crippen LogP contribution in [0, 0.1) is 22.7 Å². The van der Waals surface area contributed by atoms with Gasteiger partial charge in [-0.3, -0.25) is 9.58 Å². The number of hydrogen-bond donors (Lipinski definition) is 1. The molecule has 8 nitrogen and oxygen atoms in total. The van der Waals surface area contributed by atoms with Crippen molar-refractivity contribution < 1.29 is 9.90 Å². The third-order valence-corrected chi connectivity index (χ3v) is 6.69. The van der Waals surface area contributed by atoms with Crippen LogP contribution in [-0.2, 0) is 12.1 Å². The summed E-state index contributed by atoms with van der Waals surface area (Å²) >= 11 is 0. The molecule has 2 unspecified atom stereocenters. The minimum atomic E-state index is -0.967. The largest absolute Gasteiger partial charge is 0.465 e. The summed E-state index contributed by atoms with van der Waals surface area (Å²) in [6.45, 7) is 9.64. The van der Waals surface area contributed by atoms with Gasteiger partial charge in [0.2, 0.25) is 0 Å². The van der Waals surface area contributed by atoms with Gasteiger partial charge < -0.3 is 9.67 Å². The van der Waals surface area contributed by atoms with Crippen molar-refractivity contribution >= 4 is 22.9 Å². The molecule has 0 aliphatic heterocycles. The monoisotopic (exact) mass is 448 g/mol. The van der Waals surface area contributed by atoms with E-state index in [0.717, 1.165) is 43.3 Å². The van der Waals surface area contributed by atoms with Crippen molar-refractivity contribution in [3.63, 3.8) is 0 Å². The average Bonchev–Trinajstić information content (AvgIpc) is 3.39. The van der Waals surface area contributed by atoms with Crippen LogP contribution in [-0.4, -0.2) is 37.1 Å². The zero-order valence-electron chi connectivity index (χ0n) is 19.8. The summed E-state index contributed by atoms with van der Waals surface area (Å²) in [7, 11) is 0. The Kier molecular flexibility index (Phi) is 5.91. The van der Waals surface area contributed by atoms with Crippen LogP contribution < -0.4 is 4.90 Å². The Morgan fingerprint density at radius 2 is 2.15 bits per heavy atom. The second-order valence-corrected chi connectivity index (χ2v) is 10.6. The number of carboxylic acid groups (broad SMARTS) is 1. The molecule has 1 amide bonds. The number of rotatable bonds is 5. The maximum Gasteiger partial charge on any atom is 0.413 e. The van der Waals surface area contributed by atoms with Gasteiger partial charge >= 0.3 is 6.09 Å². The number of amides is 1. The molecule has 1 aliphatic rings. The molecule has 2 aromatic heterocycles. The van der Waals surface area contributed by atoms with Crippen LogP contribution in [0.4, 0.5) is 10.6 Å². The van der Waals surface area contributed by atoms with Crippen molar-refractivity contribution in [1.29, 1.82) is 5.26 Å². The number of aromatic nitrogens is 4. The van der Waals surface area contributed by atoms with Gasteiger partial charge in [-0.2, -0.15) is 10.4 Å². The normalized spacial score (nSPS) is 21.1. The molecule has 2 atom stereocenters. The molecule has 0 saturated heterocycles. The van der Waals surface area contributed by atoms with Crippen LogP contribution in [0.5, 0.6) is 0 Å². The highest BCUT2D eigenvalue weighted by atomic mass is 16.4. The number of fused-ring (bicyclic) bond motifs is 1. The minimum Gasteiger partial charge on any atom is -0.465 e. The lowest BCUT2D eigenvalue weighted by Crippen LogP contribution is -2.39. The van der Waals surface area contributed by atoms with Gasteiger partial charge in [-0.25, -0.2) is 9.78 Å². The molecule has 0 radical (unpaired) electrons. The van der Waals surface area contributed by atoms with E-state index in [2.05, 4.69) is 27.6 Å². The van der Waals surface area contributed by atoms with E-state index in [4.69, 9.17) is 0 Å². The van der Waals surface area contributed by atoms with Crippen molar-refractivity contribution in [2.45, 2.75) is 65.5 Å². The van der Waals surface area contributed by atoms with Gasteiger partial charge in [0.25, 0.3) is 0 Å². The van der Waals surface area contributed by atoms with Gasteiger partial charge in [0.05, 0.1) is 34.5 Å². The number of anilines is 1. The van der Waals surface area contributed by atoms with Crippen LogP contribution >= 0.6 is 0 Å². The van der Waals surface area contributed by atoms with Crippen LogP contribution in [0.3, 0.4) is 0 Å². The maximum absolute atomic E-state index is 12.1. The zero-order chi connectivity index (χ0) is 23.8. The number of nitrogens with zero attached hydrogens (tertiary/aromatic N) is 6. The van der Waals surface area contributed by atoms with Crippen LogP contribution in [0.1, 0.15) is 58.9 Å². The predicted molar refractivity (Wildman–Crippen MR) is 127 cm³/mol. The molecule has 1 fully saturated rings. The van der Waals surface area contributed by atoms with Crippen molar-refractivity contribution in [2.75, 3.05) is 11.4 Å². The summed E-state index contributed by atoms with van der Waals surface area (Å²) in [5, 5.41) is 23.7. The second kappa shape index (κ2) is 8.54. The smallest absolute Gasteiger partial charge is 0.413 e. The van der Waals surface area contributed by atoms with Crippen LogP contribution in [0.2, 0.25) is 0 Å². The molecule has 8 heteroatoms. The van der Waals surface area contributed by atoms with Crippen LogP contribution in [0.25, 0.3) is 11.0 Å². The molecule has 1 saturated carbocycles. The number of carbonyl (C=O) groups is 1. The molecule has 0 spiro atoms. The zero-order valence-corrected chi connectivity index (χ0v) is 19.8. The fourth-order valence-electron chi connectivity index (χ4n) is 5.04. The van der Waals surface area contributed by atoms with E-state index < -0.39 is 6.09 Å². The quantitative estimate of drug-likeness (QED) is 0.575. The molecule has 2 heterocycles. The Morgan fingerprint density at radius 3 is 2.82 bits per heavy atom. The molecule has 3 aromatic rings. The second-order valence-electron chi connectivity index (χ2n) is 10.6. The molecule has 4 rings (SSSR count). The lowest BCUT2D eigenvalue weighted by molar-refractivity contribution is 0.136. The van der Waals surface area contributed by atoms with Gasteiger partial charge in [-0.05, 0) is 69.6 Å². The Bertz CT molecular complexity index is 1200. The molecule has 1 N–H and O–H groups in total. The highest BCUT2D eigenvalue weighted by Crippen LogP contribution is 2.41. The van der Waals surface area contributed by atoms with Gasteiger partial charge in [0.1, 0.15) is 0 Å². The third kappa shape index (κ3) is 4.87. The van der Waals surface area contributed by atoms with E-state index in [-0.39, 0.29) is 16.9 Å². The Morgan fingerprint density at radius 1 is 1.36 bits per heavy atom. The highest BCUT2D eigenvalue weighted by Gasteiger charge is 2.35. The Hall–Kier alpha value is -3.34. The number of benzene rings is 1. The third-order valence-electron chi connectivity index (χ3n) is 6.69. The molecule has 0 bridgehead atoms. The van der Waals surface area contributed by atoms with Gasteiger partial charge in [-0.1, -0.05) is 13.3 Å². The number of nitriles is 1. The standard InChI is InChI=1S/C25H32N6O2/c1-24(2,3)31-11-9-22(28-31)30(23(32)33)15-19-6-5-10-25(4,13-19)16-29-17-27-20-8-7-18(14-26)12-21(20)29/h7-9,11-12,17,19H,5-6,10,13,15-16H2,1-4H3,(H,32,33). The Balaban J connectivity index is 1.51. The SMILES string of the molecule is CC1(Cn2cnc3ccc(C#N)cc32)CCCC(CN(C(=O)O)c2ccn(C(C)(C)C)n2)C1. The first-order valence-electron chi connectivity index (χ1n) is 11.5. The van der Waals surface area contributed by atoms with E-state index in [1.807, 2.05) is 50.1 Å². The molecular formula is C25H32N6O2. The lowest BCUT2D eigenvalue weighted by atomic mass is 9.70. The van der Waals surface area contributed by atoms with E-state index in [9.17, 15) is 15.2 Å².